The number of ether oxygens (including phenoxy) is 4. The minimum Gasteiger partial charge on any atom is -0.481 e. The average Bonchev–Trinajstić information content (AvgIpc) is 2.68. The van der Waals surface area contributed by atoms with Gasteiger partial charge in [0.1, 0.15) is 6.61 Å². The molecule has 0 fully saturated rings. The molecule has 0 aromatic rings. The van der Waals surface area contributed by atoms with E-state index in [2.05, 4.69) is 10.6 Å². The summed E-state index contributed by atoms with van der Waals surface area (Å²) in [6, 6.07) is 0. The predicted molar refractivity (Wildman–Crippen MR) is 129 cm³/mol. The van der Waals surface area contributed by atoms with E-state index in [1.807, 2.05) is 55.4 Å². The lowest BCUT2D eigenvalue weighted by molar-refractivity contribution is -0.140. The Balaban J connectivity index is 4.13. The molecule has 0 radical (unpaired) electrons. The van der Waals surface area contributed by atoms with E-state index in [0.29, 0.717) is 26.1 Å². The van der Waals surface area contributed by atoms with Crippen LogP contribution in [0.15, 0.2) is 0 Å². The smallest absolute Gasteiger partial charge is 0.305 e. The number of carboxylic acid groups (broad SMARTS) is 1. The molecule has 10 nitrogen and oxygen atoms in total. The molecule has 0 aliphatic heterocycles. The van der Waals surface area contributed by atoms with Crippen molar-refractivity contribution in [2.45, 2.75) is 97.6 Å². The van der Waals surface area contributed by atoms with Crippen LogP contribution in [-0.4, -0.2) is 85.3 Å². The van der Waals surface area contributed by atoms with E-state index < -0.39 is 22.8 Å². The van der Waals surface area contributed by atoms with E-state index in [1.54, 1.807) is 0 Å². The Labute approximate surface area is 204 Å². The summed E-state index contributed by atoms with van der Waals surface area (Å²) in [5.74, 6) is -1.59. The van der Waals surface area contributed by atoms with Gasteiger partial charge in [-0.2, -0.15) is 0 Å². The summed E-state index contributed by atoms with van der Waals surface area (Å²) in [6.45, 7) is 16.2. The number of aliphatic carboxylic acids is 1. The Hall–Kier alpha value is -1.75. The quantitative estimate of drug-likeness (QED) is 0.251. The zero-order chi connectivity index (χ0) is 26.4. The number of hydrogen-bond donors (Lipinski definition) is 3. The highest BCUT2D eigenvalue weighted by atomic mass is 16.5. The molecule has 0 heterocycles. The second kappa shape index (κ2) is 15.3. The molecule has 200 valence electrons. The molecule has 0 aliphatic carbocycles. The number of carbonyl (C=O) groups excluding carboxylic acids is 2. The van der Waals surface area contributed by atoms with Gasteiger partial charge in [-0.1, -0.05) is 0 Å². The van der Waals surface area contributed by atoms with E-state index in [0.717, 1.165) is 0 Å². The third-order valence-electron chi connectivity index (χ3n) is 4.91. The molecule has 2 amide bonds. The second-order valence-electron chi connectivity index (χ2n) is 10.4. The molecular weight excluding hydrogens is 444 g/mol. The molecule has 0 rings (SSSR count). The average molecular weight is 491 g/mol. The molecule has 0 aliphatic rings. The molecule has 3 N–H and O–H groups in total. The predicted octanol–water partition coefficient (Wildman–Crippen LogP) is 2.28. The van der Waals surface area contributed by atoms with Crippen LogP contribution >= 0.6 is 0 Å². The van der Waals surface area contributed by atoms with Crippen molar-refractivity contribution in [3.8, 4) is 0 Å². The highest BCUT2D eigenvalue weighted by Crippen LogP contribution is 2.17. The first kappa shape index (κ1) is 32.2. The Morgan fingerprint density at radius 2 is 1.32 bits per heavy atom. The zero-order valence-corrected chi connectivity index (χ0v) is 22.2. The number of nitrogens with one attached hydrogen (secondary N) is 2. The zero-order valence-electron chi connectivity index (χ0n) is 22.2. The normalized spacial score (nSPS) is 12.6. The minimum atomic E-state index is -0.899. The van der Waals surface area contributed by atoms with Crippen molar-refractivity contribution in [3.05, 3.63) is 0 Å². The van der Waals surface area contributed by atoms with Gasteiger partial charge >= 0.3 is 5.97 Å². The van der Waals surface area contributed by atoms with Crippen LogP contribution in [0.3, 0.4) is 0 Å². The van der Waals surface area contributed by atoms with Gasteiger partial charge in [0.25, 0.3) is 0 Å². The van der Waals surface area contributed by atoms with Crippen LogP contribution in [0.5, 0.6) is 0 Å². The molecule has 34 heavy (non-hydrogen) atoms. The van der Waals surface area contributed by atoms with Gasteiger partial charge < -0.3 is 34.7 Å². The first-order valence-electron chi connectivity index (χ1n) is 11.8. The van der Waals surface area contributed by atoms with Gasteiger partial charge in [-0.15, -0.1) is 0 Å². The van der Waals surface area contributed by atoms with Gasteiger partial charge in [-0.25, -0.2) is 0 Å². The fraction of sp³-hybridized carbons (Fsp3) is 0.875. The van der Waals surface area contributed by atoms with Crippen LogP contribution in [0.2, 0.25) is 0 Å². The van der Waals surface area contributed by atoms with Gasteiger partial charge in [-0.3, -0.25) is 14.4 Å². The summed E-state index contributed by atoms with van der Waals surface area (Å²) in [6.07, 6.45) is 1.32. The molecule has 0 aromatic heterocycles. The van der Waals surface area contributed by atoms with Gasteiger partial charge in [0, 0.05) is 13.2 Å². The Kier molecular flexibility index (Phi) is 14.5. The van der Waals surface area contributed by atoms with Crippen LogP contribution in [0, 0.1) is 0 Å². The van der Waals surface area contributed by atoms with Crippen molar-refractivity contribution in [2.24, 2.45) is 0 Å². The molecule has 0 unspecified atom stereocenters. The summed E-state index contributed by atoms with van der Waals surface area (Å²) < 4.78 is 22.6. The molecule has 0 atom stereocenters. The van der Waals surface area contributed by atoms with E-state index in [4.69, 9.17) is 24.1 Å². The topological polar surface area (TPSA) is 132 Å². The summed E-state index contributed by atoms with van der Waals surface area (Å²) in [7, 11) is 0. The van der Waals surface area contributed by atoms with Gasteiger partial charge in [0.05, 0.1) is 49.1 Å². The second-order valence-corrected chi connectivity index (χ2v) is 10.4. The van der Waals surface area contributed by atoms with E-state index >= 15 is 0 Å². The first-order chi connectivity index (χ1) is 15.5. The first-order valence-corrected chi connectivity index (χ1v) is 11.8. The lowest BCUT2D eigenvalue weighted by Gasteiger charge is -2.30. The molecular formula is C24H46N2O8. The number of carboxylic acids is 1. The maximum atomic E-state index is 12.1. The van der Waals surface area contributed by atoms with Crippen molar-refractivity contribution in [1.82, 2.24) is 10.6 Å². The van der Waals surface area contributed by atoms with Crippen LogP contribution in [0.1, 0.15) is 74.7 Å². The van der Waals surface area contributed by atoms with E-state index in [9.17, 15) is 14.4 Å². The van der Waals surface area contributed by atoms with Gasteiger partial charge in [0.2, 0.25) is 11.8 Å². The monoisotopic (exact) mass is 490 g/mol. The van der Waals surface area contributed by atoms with Crippen LogP contribution in [0.25, 0.3) is 0 Å². The van der Waals surface area contributed by atoms with Crippen molar-refractivity contribution in [1.29, 1.82) is 0 Å². The third-order valence-corrected chi connectivity index (χ3v) is 4.91. The summed E-state index contributed by atoms with van der Waals surface area (Å²) in [5, 5.41) is 14.0. The van der Waals surface area contributed by atoms with Crippen molar-refractivity contribution < 1.29 is 38.4 Å². The lowest BCUT2D eigenvalue weighted by atomic mass is 10.1. The number of hydrogen-bond acceptors (Lipinski definition) is 7. The van der Waals surface area contributed by atoms with Gasteiger partial charge in [0.15, 0.2) is 0 Å². The number of rotatable bonds is 19. The molecule has 0 bridgehead atoms. The third kappa shape index (κ3) is 18.7. The van der Waals surface area contributed by atoms with Crippen LogP contribution < -0.4 is 10.6 Å². The molecule has 0 aromatic carbocycles. The fourth-order valence-corrected chi connectivity index (χ4v) is 2.59. The van der Waals surface area contributed by atoms with Crippen LogP contribution in [0.4, 0.5) is 0 Å². The van der Waals surface area contributed by atoms with E-state index in [-0.39, 0.29) is 50.6 Å². The van der Waals surface area contributed by atoms with Crippen molar-refractivity contribution >= 4 is 17.8 Å². The highest BCUT2D eigenvalue weighted by molar-refractivity contribution is 5.85. The number of carbonyl (C=O) groups is 3. The maximum Gasteiger partial charge on any atom is 0.305 e. The Morgan fingerprint density at radius 3 is 1.91 bits per heavy atom. The lowest BCUT2D eigenvalue weighted by Crippen LogP contribution is -2.45. The molecule has 0 saturated heterocycles. The highest BCUT2D eigenvalue weighted by Gasteiger charge is 2.24. The maximum absolute atomic E-state index is 12.1. The summed E-state index contributed by atoms with van der Waals surface area (Å²) in [4.78, 5) is 34.7. The van der Waals surface area contributed by atoms with Crippen molar-refractivity contribution in [2.75, 3.05) is 39.5 Å². The van der Waals surface area contributed by atoms with E-state index in [1.165, 1.54) is 0 Å². The largest absolute Gasteiger partial charge is 0.481 e. The Bertz CT molecular complexity index is 632. The Morgan fingerprint density at radius 1 is 0.765 bits per heavy atom. The van der Waals surface area contributed by atoms with Gasteiger partial charge in [-0.05, 0) is 68.2 Å². The fourth-order valence-electron chi connectivity index (χ4n) is 2.59. The van der Waals surface area contributed by atoms with Crippen LogP contribution in [-0.2, 0) is 33.3 Å². The molecule has 0 spiro atoms. The minimum absolute atomic E-state index is 0.0461. The molecule has 10 heteroatoms. The summed E-state index contributed by atoms with van der Waals surface area (Å²) in [5.41, 5.74) is -1.65. The number of amides is 2. The standard InChI is InChI=1S/C24H46N2O8/c1-18(2)31-13-10-23(5,6)34-16-20(28)25-15-19(27)26-17-24(7,8)33-14-11-22(3,4)32-12-9-21(29)30/h18H,9-17H2,1-8H3,(H,25,28)(H,26,27)(H,29,30). The SMILES string of the molecule is CC(C)OCCC(C)(C)OCC(=O)NCC(=O)NCC(C)(C)OCCC(C)(C)OCCC(=O)O. The summed E-state index contributed by atoms with van der Waals surface area (Å²) >= 11 is 0. The van der Waals surface area contributed by atoms with Crippen molar-refractivity contribution in [3.63, 3.8) is 0 Å². The molecule has 0 saturated carbocycles.